The molecule has 30 heavy (non-hydrogen) atoms. The second-order valence-corrected chi connectivity index (χ2v) is 7.60. The number of aromatic nitrogens is 4. The van der Waals surface area contributed by atoms with Gasteiger partial charge in [0, 0.05) is 11.6 Å². The van der Waals surface area contributed by atoms with Crippen LogP contribution in [-0.4, -0.2) is 19.7 Å². The largest absolute Gasteiger partial charge is 0.457 e. The van der Waals surface area contributed by atoms with Crippen molar-refractivity contribution in [3.8, 4) is 22.8 Å². The Kier molecular flexibility index (Phi) is 4.78. The molecule has 0 bridgehead atoms. The quantitative estimate of drug-likeness (QED) is 0.486. The lowest BCUT2D eigenvalue weighted by Gasteiger charge is -2.22. The van der Waals surface area contributed by atoms with Crippen LogP contribution in [0.5, 0.6) is 11.5 Å². The van der Waals surface area contributed by atoms with Gasteiger partial charge in [-0.3, -0.25) is 0 Å². The van der Waals surface area contributed by atoms with Crippen LogP contribution >= 0.6 is 0 Å². The number of halogens is 1. The van der Waals surface area contributed by atoms with Crippen molar-refractivity contribution < 1.29 is 9.13 Å². The van der Waals surface area contributed by atoms with Crippen LogP contribution in [-0.2, 0) is 0 Å². The van der Waals surface area contributed by atoms with Crippen molar-refractivity contribution in [3.05, 3.63) is 60.7 Å². The van der Waals surface area contributed by atoms with Crippen LogP contribution in [0.15, 0.2) is 54.9 Å². The average molecular weight is 403 g/mol. The van der Waals surface area contributed by atoms with Crippen molar-refractivity contribution in [2.24, 2.45) is 0 Å². The summed E-state index contributed by atoms with van der Waals surface area (Å²) in [6.07, 6.45) is 7.05. The SMILES string of the molecule is Nc1ncnc2c1c(-c1ccc(Oc3ccccc3)cc1F)nn2C1CCCCC1. The lowest BCUT2D eigenvalue weighted by atomic mass is 9.96. The van der Waals surface area contributed by atoms with Gasteiger partial charge in [0.1, 0.15) is 35.2 Å². The number of nitrogen functional groups attached to an aromatic ring is 1. The fourth-order valence-electron chi connectivity index (χ4n) is 4.14. The van der Waals surface area contributed by atoms with Crippen LogP contribution in [0, 0.1) is 5.82 Å². The molecular formula is C23H22FN5O. The van der Waals surface area contributed by atoms with E-state index in [0.717, 1.165) is 25.7 Å². The first kappa shape index (κ1) is 18.5. The van der Waals surface area contributed by atoms with Gasteiger partial charge in [0.2, 0.25) is 0 Å². The molecule has 1 fully saturated rings. The highest BCUT2D eigenvalue weighted by molar-refractivity contribution is 5.98. The van der Waals surface area contributed by atoms with E-state index in [1.807, 2.05) is 35.0 Å². The standard InChI is InChI=1S/C23H22FN5O/c24-19-13-17(30-16-9-5-2-6-10-16)11-12-18(19)21-20-22(25)26-14-27-23(20)29(28-21)15-7-3-1-4-8-15/h2,5-6,9-15H,1,3-4,7-8H2,(H2,25,26,27). The van der Waals surface area contributed by atoms with E-state index in [0.29, 0.717) is 39.6 Å². The van der Waals surface area contributed by atoms with Crippen molar-refractivity contribution in [3.63, 3.8) is 0 Å². The molecular weight excluding hydrogens is 381 g/mol. The van der Waals surface area contributed by atoms with Gasteiger partial charge < -0.3 is 10.5 Å². The van der Waals surface area contributed by atoms with Crippen molar-refractivity contribution >= 4 is 16.9 Å². The second-order valence-electron chi connectivity index (χ2n) is 7.60. The summed E-state index contributed by atoms with van der Waals surface area (Å²) in [7, 11) is 0. The number of para-hydroxylation sites is 1. The van der Waals surface area contributed by atoms with E-state index in [9.17, 15) is 0 Å². The van der Waals surface area contributed by atoms with Crippen molar-refractivity contribution in [1.82, 2.24) is 19.7 Å². The Hall–Kier alpha value is -3.48. The van der Waals surface area contributed by atoms with Gasteiger partial charge in [-0.2, -0.15) is 5.10 Å². The number of ether oxygens (including phenoxy) is 1. The summed E-state index contributed by atoms with van der Waals surface area (Å²) < 4.78 is 22.8. The first-order valence-corrected chi connectivity index (χ1v) is 10.2. The minimum Gasteiger partial charge on any atom is -0.457 e. The van der Waals surface area contributed by atoms with Crippen LogP contribution in [0.25, 0.3) is 22.3 Å². The molecule has 1 saturated carbocycles. The van der Waals surface area contributed by atoms with E-state index in [1.165, 1.54) is 18.8 Å². The molecule has 0 aliphatic heterocycles. The number of rotatable bonds is 4. The molecule has 0 atom stereocenters. The van der Waals surface area contributed by atoms with E-state index >= 15 is 4.39 Å². The average Bonchev–Trinajstić information content (AvgIpc) is 3.16. The first-order valence-electron chi connectivity index (χ1n) is 10.2. The predicted octanol–water partition coefficient (Wildman–Crippen LogP) is 5.51. The Morgan fingerprint density at radius 1 is 0.967 bits per heavy atom. The number of fused-ring (bicyclic) bond motifs is 1. The Morgan fingerprint density at radius 2 is 1.77 bits per heavy atom. The van der Waals surface area contributed by atoms with E-state index in [4.69, 9.17) is 15.6 Å². The number of nitrogens with zero attached hydrogens (tertiary/aromatic N) is 4. The third kappa shape index (κ3) is 3.36. The fourth-order valence-corrected chi connectivity index (χ4v) is 4.14. The van der Waals surface area contributed by atoms with Crippen LogP contribution in [0.3, 0.4) is 0 Å². The second kappa shape index (κ2) is 7.74. The molecule has 2 aromatic carbocycles. The molecule has 5 rings (SSSR count). The van der Waals surface area contributed by atoms with Gasteiger partial charge in [0.25, 0.3) is 0 Å². The molecule has 152 valence electrons. The summed E-state index contributed by atoms with van der Waals surface area (Å²) in [6.45, 7) is 0. The molecule has 0 unspecified atom stereocenters. The molecule has 6 nitrogen and oxygen atoms in total. The topological polar surface area (TPSA) is 78.8 Å². The Bertz CT molecular complexity index is 1190. The van der Waals surface area contributed by atoms with Crippen LogP contribution in [0.2, 0.25) is 0 Å². The van der Waals surface area contributed by atoms with Crippen molar-refractivity contribution in [2.45, 2.75) is 38.1 Å². The predicted molar refractivity (Wildman–Crippen MR) is 114 cm³/mol. The zero-order valence-corrected chi connectivity index (χ0v) is 16.5. The Labute approximate surface area is 173 Å². The fraction of sp³-hybridized carbons (Fsp3) is 0.261. The number of anilines is 1. The molecule has 0 amide bonds. The maximum atomic E-state index is 15.1. The van der Waals surface area contributed by atoms with E-state index in [2.05, 4.69) is 9.97 Å². The summed E-state index contributed by atoms with van der Waals surface area (Å²) >= 11 is 0. The molecule has 7 heteroatoms. The highest BCUT2D eigenvalue weighted by Crippen LogP contribution is 2.37. The minimum absolute atomic E-state index is 0.244. The number of benzene rings is 2. The Morgan fingerprint density at radius 3 is 2.53 bits per heavy atom. The molecule has 0 saturated heterocycles. The molecule has 0 spiro atoms. The van der Waals surface area contributed by atoms with E-state index < -0.39 is 5.82 Å². The van der Waals surface area contributed by atoms with Gasteiger partial charge in [-0.05, 0) is 37.1 Å². The summed E-state index contributed by atoms with van der Waals surface area (Å²) in [5.74, 6) is 0.944. The van der Waals surface area contributed by atoms with Crippen molar-refractivity contribution in [2.75, 3.05) is 5.73 Å². The highest BCUT2D eigenvalue weighted by atomic mass is 19.1. The number of hydrogen-bond acceptors (Lipinski definition) is 5. The maximum absolute atomic E-state index is 15.1. The van der Waals surface area contributed by atoms with Crippen LogP contribution < -0.4 is 10.5 Å². The van der Waals surface area contributed by atoms with Crippen molar-refractivity contribution in [1.29, 1.82) is 0 Å². The molecule has 2 heterocycles. The van der Waals surface area contributed by atoms with Gasteiger partial charge in [-0.15, -0.1) is 0 Å². The third-order valence-electron chi connectivity index (χ3n) is 5.61. The molecule has 2 N–H and O–H groups in total. The Balaban J connectivity index is 1.57. The number of hydrogen-bond donors (Lipinski definition) is 1. The van der Waals surface area contributed by atoms with Crippen LogP contribution in [0.4, 0.5) is 10.2 Å². The van der Waals surface area contributed by atoms with Gasteiger partial charge >= 0.3 is 0 Å². The van der Waals surface area contributed by atoms with Gasteiger partial charge in [-0.25, -0.2) is 19.0 Å². The number of nitrogens with two attached hydrogens (primary N) is 1. The van der Waals surface area contributed by atoms with Gasteiger partial charge in [0.15, 0.2) is 5.65 Å². The van der Waals surface area contributed by atoms with E-state index in [-0.39, 0.29) is 6.04 Å². The zero-order chi connectivity index (χ0) is 20.5. The first-order chi connectivity index (χ1) is 14.7. The monoisotopic (exact) mass is 403 g/mol. The smallest absolute Gasteiger partial charge is 0.164 e. The van der Waals surface area contributed by atoms with E-state index in [1.54, 1.807) is 12.1 Å². The molecule has 0 radical (unpaired) electrons. The summed E-state index contributed by atoms with van der Waals surface area (Å²) in [4.78, 5) is 8.55. The molecule has 1 aliphatic rings. The van der Waals surface area contributed by atoms with Crippen LogP contribution in [0.1, 0.15) is 38.1 Å². The highest BCUT2D eigenvalue weighted by Gasteiger charge is 2.25. The summed E-state index contributed by atoms with van der Waals surface area (Å²) in [5, 5.41) is 5.37. The molecule has 2 aromatic heterocycles. The maximum Gasteiger partial charge on any atom is 0.164 e. The normalized spacial score (nSPS) is 14.8. The summed E-state index contributed by atoms with van der Waals surface area (Å²) in [5.41, 5.74) is 7.66. The molecule has 1 aliphatic carbocycles. The lowest BCUT2D eigenvalue weighted by Crippen LogP contribution is -2.14. The zero-order valence-electron chi connectivity index (χ0n) is 16.5. The summed E-state index contributed by atoms with van der Waals surface area (Å²) in [6, 6.07) is 14.3. The van der Waals surface area contributed by atoms with Gasteiger partial charge in [-0.1, -0.05) is 37.5 Å². The third-order valence-corrected chi connectivity index (χ3v) is 5.61. The lowest BCUT2D eigenvalue weighted by molar-refractivity contribution is 0.336. The van der Waals surface area contributed by atoms with Gasteiger partial charge in [0.05, 0.1) is 11.4 Å². The molecule has 4 aromatic rings. The minimum atomic E-state index is -0.429.